The molecule has 1 heterocycles. The molecule has 1 aliphatic heterocycles. The number of hydrazone groups is 1. The minimum atomic E-state index is -4.51. The van der Waals surface area contributed by atoms with Crippen LogP contribution in [0.2, 0.25) is 0 Å². The molecule has 0 spiro atoms. The van der Waals surface area contributed by atoms with Crippen LogP contribution < -0.4 is 5.01 Å². The molecular weight excluding hydrogens is 245 g/mol. The van der Waals surface area contributed by atoms with E-state index in [9.17, 15) is 18.0 Å². The Morgan fingerprint density at radius 1 is 1.28 bits per heavy atom. The molecule has 2 atom stereocenters. The topological polar surface area (TPSA) is 32.7 Å². The van der Waals surface area contributed by atoms with Crippen molar-refractivity contribution in [3.8, 4) is 0 Å². The third-order valence-electron chi connectivity index (χ3n) is 2.78. The molecule has 0 saturated carbocycles. The second-order valence-corrected chi connectivity index (χ2v) is 4.07. The molecule has 0 N–H and O–H groups in total. The highest BCUT2D eigenvalue weighted by Gasteiger charge is 2.52. The zero-order valence-electron chi connectivity index (χ0n) is 9.56. The lowest BCUT2D eigenvalue weighted by molar-refractivity contribution is -0.158. The summed E-state index contributed by atoms with van der Waals surface area (Å²) in [5, 5.41) is 4.58. The van der Waals surface area contributed by atoms with Crippen LogP contribution in [0, 0.1) is 5.92 Å². The molecule has 96 valence electrons. The van der Waals surface area contributed by atoms with Crippen molar-refractivity contribution in [1.82, 2.24) is 0 Å². The van der Waals surface area contributed by atoms with Gasteiger partial charge in [-0.3, -0.25) is 9.80 Å². The molecule has 2 rings (SSSR count). The Kier molecular flexibility index (Phi) is 3.11. The van der Waals surface area contributed by atoms with E-state index in [-0.39, 0.29) is 0 Å². The Labute approximate surface area is 102 Å². The Morgan fingerprint density at radius 3 is 2.39 bits per heavy atom. The SMILES string of the molecule is CC(=O)C1C=NN(c2ccccc2)C1C(F)(F)F. The maximum absolute atomic E-state index is 13.0. The monoisotopic (exact) mass is 256 g/mol. The normalized spacial score (nSPS) is 23.4. The van der Waals surface area contributed by atoms with Gasteiger partial charge in [-0.15, -0.1) is 0 Å². The number of benzene rings is 1. The quantitative estimate of drug-likeness (QED) is 0.814. The van der Waals surface area contributed by atoms with Gasteiger partial charge >= 0.3 is 6.18 Å². The summed E-state index contributed by atoms with van der Waals surface area (Å²) in [5.41, 5.74) is 0.319. The smallest absolute Gasteiger partial charge is 0.299 e. The molecule has 0 amide bonds. The fraction of sp³-hybridized carbons (Fsp3) is 0.333. The third kappa shape index (κ3) is 2.23. The molecule has 3 nitrogen and oxygen atoms in total. The highest BCUT2D eigenvalue weighted by molar-refractivity contribution is 5.96. The fourth-order valence-corrected chi connectivity index (χ4v) is 1.93. The van der Waals surface area contributed by atoms with Crippen molar-refractivity contribution in [2.75, 3.05) is 5.01 Å². The van der Waals surface area contributed by atoms with E-state index in [4.69, 9.17) is 0 Å². The van der Waals surface area contributed by atoms with Crippen molar-refractivity contribution < 1.29 is 18.0 Å². The summed E-state index contributed by atoms with van der Waals surface area (Å²) in [6, 6.07) is 6.09. The van der Waals surface area contributed by atoms with Crippen molar-refractivity contribution in [3.63, 3.8) is 0 Å². The van der Waals surface area contributed by atoms with Gasteiger partial charge in [-0.05, 0) is 19.1 Å². The molecule has 0 aromatic heterocycles. The number of para-hydroxylation sites is 1. The predicted octanol–water partition coefficient (Wildman–Crippen LogP) is 2.63. The minimum absolute atomic E-state index is 0.319. The van der Waals surface area contributed by atoms with Crippen LogP contribution in [-0.2, 0) is 4.79 Å². The number of Topliss-reactive ketones (excluding diaryl/α,β-unsaturated/α-hetero) is 1. The molecule has 18 heavy (non-hydrogen) atoms. The Balaban J connectivity index is 2.37. The van der Waals surface area contributed by atoms with E-state index in [1.807, 2.05) is 0 Å². The number of halogens is 3. The van der Waals surface area contributed by atoms with E-state index in [1.54, 1.807) is 18.2 Å². The maximum Gasteiger partial charge on any atom is 0.411 e. The van der Waals surface area contributed by atoms with Crippen LogP contribution in [0.1, 0.15) is 6.92 Å². The van der Waals surface area contributed by atoms with E-state index >= 15 is 0 Å². The van der Waals surface area contributed by atoms with E-state index in [1.165, 1.54) is 12.1 Å². The number of anilines is 1. The van der Waals surface area contributed by atoms with Crippen molar-refractivity contribution >= 4 is 17.7 Å². The lowest BCUT2D eigenvalue weighted by Gasteiger charge is -2.28. The summed E-state index contributed by atoms with van der Waals surface area (Å²) in [4.78, 5) is 11.3. The molecule has 2 unspecified atom stereocenters. The summed E-state index contributed by atoms with van der Waals surface area (Å²) >= 11 is 0. The zero-order valence-corrected chi connectivity index (χ0v) is 9.56. The maximum atomic E-state index is 13.0. The van der Waals surface area contributed by atoms with Gasteiger partial charge in [0.2, 0.25) is 0 Å². The van der Waals surface area contributed by atoms with Crippen LogP contribution in [0.25, 0.3) is 0 Å². The summed E-state index contributed by atoms with van der Waals surface area (Å²) in [6.45, 7) is 1.14. The van der Waals surface area contributed by atoms with Gasteiger partial charge < -0.3 is 0 Å². The Hall–Kier alpha value is -1.85. The van der Waals surface area contributed by atoms with Gasteiger partial charge in [-0.25, -0.2) is 0 Å². The number of carbonyl (C=O) groups is 1. The Bertz CT molecular complexity index is 470. The van der Waals surface area contributed by atoms with Gasteiger partial charge in [0, 0.05) is 6.21 Å². The average molecular weight is 256 g/mol. The van der Waals surface area contributed by atoms with Crippen molar-refractivity contribution in [2.45, 2.75) is 19.1 Å². The number of hydrogen-bond donors (Lipinski definition) is 0. The first-order valence-electron chi connectivity index (χ1n) is 5.37. The van der Waals surface area contributed by atoms with Crippen LogP contribution in [0.3, 0.4) is 0 Å². The molecule has 6 heteroatoms. The number of hydrogen-bond acceptors (Lipinski definition) is 3. The molecule has 1 aliphatic rings. The van der Waals surface area contributed by atoms with Crippen molar-refractivity contribution in [2.24, 2.45) is 11.0 Å². The third-order valence-corrected chi connectivity index (χ3v) is 2.78. The van der Waals surface area contributed by atoms with E-state index in [0.717, 1.165) is 18.1 Å². The molecular formula is C12H11F3N2O. The minimum Gasteiger partial charge on any atom is -0.299 e. The lowest BCUT2D eigenvalue weighted by atomic mass is 9.97. The average Bonchev–Trinajstić information content (AvgIpc) is 2.74. The first-order chi connectivity index (χ1) is 8.41. The second-order valence-electron chi connectivity index (χ2n) is 4.07. The summed E-state index contributed by atoms with van der Waals surface area (Å²) in [7, 11) is 0. The molecule has 0 radical (unpaired) electrons. The van der Waals surface area contributed by atoms with E-state index < -0.39 is 23.9 Å². The van der Waals surface area contributed by atoms with E-state index in [0.29, 0.717) is 5.69 Å². The molecule has 0 fully saturated rings. The largest absolute Gasteiger partial charge is 0.411 e. The van der Waals surface area contributed by atoms with Crippen molar-refractivity contribution in [1.29, 1.82) is 0 Å². The summed E-state index contributed by atoms with van der Waals surface area (Å²) < 4.78 is 39.1. The highest BCUT2D eigenvalue weighted by Crippen LogP contribution is 2.36. The van der Waals surface area contributed by atoms with Crippen LogP contribution in [-0.4, -0.2) is 24.2 Å². The van der Waals surface area contributed by atoms with Gasteiger partial charge in [-0.2, -0.15) is 18.3 Å². The van der Waals surface area contributed by atoms with Crippen LogP contribution in [0.15, 0.2) is 35.4 Å². The first kappa shape index (κ1) is 12.6. The lowest BCUT2D eigenvalue weighted by Crippen LogP contribution is -2.46. The standard InChI is InChI=1S/C12H11F3N2O/c1-8(18)10-7-16-17(11(10)12(13,14)15)9-5-3-2-4-6-9/h2-7,10-11H,1H3. The van der Waals surface area contributed by atoms with Crippen LogP contribution in [0.5, 0.6) is 0 Å². The van der Waals surface area contributed by atoms with E-state index in [2.05, 4.69) is 5.10 Å². The first-order valence-corrected chi connectivity index (χ1v) is 5.37. The van der Waals surface area contributed by atoms with Crippen LogP contribution in [0.4, 0.5) is 18.9 Å². The number of nitrogens with zero attached hydrogens (tertiary/aromatic N) is 2. The summed E-state index contributed by atoms with van der Waals surface area (Å²) in [6.07, 6.45) is -3.45. The predicted molar refractivity (Wildman–Crippen MR) is 61.4 cm³/mol. The Morgan fingerprint density at radius 2 is 1.89 bits per heavy atom. The number of carbonyl (C=O) groups excluding carboxylic acids is 1. The molecule has 0 saturated heterocycles. The zero-order chi connectivity index (χ0) is 13.3. The second kappa shape index (κ2) is 4.44. The number of ketones is 1. The molecule has 0 aliphatic carbocycles. The molecule has 1 aromatic carbocycles. The van der Waals surface area contributed by atoms with Gasteiger partial charge in [0.1, 0.15) is 5.78 Å². The molecule has 0 bridgehead atoms. The highest BCUT2D eigenvalue weighted by atomic mass is 19.4. The van der Waals surface area contributed by atoms with Gasteiger partial charge in [0.15, 0.2) is 6.04 Å². The fourth-order valence-electron chi connectivity index (χ4n) is 1.93. The number of rotatable bonds is 2. The van der Waals surface area contributed by atoms with Gasteiger partial charge in [-0.1, -0.05) is 18.2 Å². The van der Waals surface area contributed by atoms with Gasteiger partial charge in [0.05, 0.1) is 11.6 Å². The molecule has 1 aromatic rings. The van der Waals surface area contributed by atoms with Gasteiger partial charge in [0.25, 0.3) is 0 Å². The van der Waals surface area contributed by atoms with Crippen molar-refractivity contribution in [3.05, 3.63) is 30.3 Å². The summed E-state index contributed by atoms with van der Waals surface area (Å²) in [5.74, 6) is -1.79. The van der Waals surface area contributed by atoms with Crippen LogP contribution >= 0.6 is 0 Å². The number of alkyl halides is 3.